The van der Waals surface area contributed by atoms with Gasteiger partial charge in [-0.1, -0.05) is 30.3 Å². The van der Waals surface area contributed by atoms with E-state index in [1.165, 1.54) is 17.1 Å². The summed E-state index contributed by atoms with van der Waals surface area (Å²) in [6, 6.07) is 12.2. The normalized spacial score (nSPS) is 22.6. The van der Waals surface area contributed by atoms with Crippen LogP contribution in [0.15, 0.2) is 42.6 Å². The monoisotopic (exact) mass is 329 g/mol. The molecule has 3 heterocycles. The second-order valence-corrected chi connectivity index (χ2v) is 7.06. The van der Waals surface area contributed by atoms with Crippen LogP contribution in [0.3, 0.4) is 0 Å². The van der Waals surface area contributed by atoms with Gasteiger partial charge in [-0.05, 0) is 36.0 Å². The van der Waals surface area contributed by atoms with Gasteiger partial charge in [-0.25, -0.2) is 4.79 Å². The number of aromatic nitrogens is 1. The lowest BCUT2D eigenvalue weighted by molar-refractivity contribution is -0.109. The zero-order chi connectivity index (χ0) is 15.7. The smallest absolute Gasteiger partial charge is 0.323 e. The molecule has 0 saturated carbocycles. The topological polar surface area (TPSA) is 54.5 Å². The van der Waals surface area contributed by atoms with Gasteiger partial charge in [0.05, 0.1) is 6.04 Å². The number of carbonyl (C=O) groups excluding carboxylic acids is 1. The van der Waals surface area contributed by atoms with Crippen LogP contribution in [0.5, 0.6) is 0 Å². The van der Waals surface area contributed by atoms with Gasteiger partial charge in [0.15, 0.2) is 0 Å². The zero-order valence-electron chi connectivity index (χ0n) is 12.8. The number of likely N-dealkylation sites (tertiary alicyclic amines) is 1. The average molecular weight is 329 g/mol. The van der Waals surface area contributed by atoms with E-state index >= 15 is 0 Å². The van der Waals surface area contributed by atoms with Crippen LogP contribution in [0.2, 0.25) is 0 Å². The summed E-state index contributed by atoms with van der Waals surface area (Å²) >= 11 is 1.30. The molecular weight excluding hydrogens is 310 g/mol. The van der Waals surface area contributed by atoms with Crippen LogP contribution in [0.25, 0.3) is 0 Å². The van der Waals surface area contributed by atoms with Crippen molar-refractivity contribution in [1.29, 1.82) is 0 Å². The molecule has 2 amide bonds. The molecule has 1 N–H and O–H groups in total. The van der Waals surface area contributed by atoms with E-state index in [0.717, 1.165) is 37.6 Å². The Balaban J connectivity index is 1.58. The summed E-state index contributed by atoms with van der Waals surface area (Å²) in [5, 5.41) is 3.74. The van der Waals surface area contributed by atoms with Gasteiger partial charge in [0.2, 0.25) is 0 Å². The summed E-state index contributed by atoms with van der Waals surface area (Å²) in [6.07, 6.45) is 3.72. The van der Waals surface area contributed by atoms with Gasteiger partial charge in [-0.2, -0.15) is 4.37 Å². The van der Waals surface area contributed by atoms with Crippen LogP contribution < -0.4 is 5.32 Å². The number of hydrogen-bond donors (Lipinski definition) is 1. The molecule has 1 atom stereocenters. The van der Waals surface area contributed by atoms with Crippen molar-refractivity contribution < 1.29 is 9.53 Å². The van der Waals surface area contributed by atoms with E-state index in [2.05, 4.69) is 21.8 Å². The highest BCUT2D eigenvalue weighted by Crippen LogP contribution is 2.54. The van der Waals surface area contributed by atoms with Crippen molar-refractivity contribution in [1.82, 2.24) is 9.27 Å². The number of nitrogens with one attached hydrogen (secondary N) is 1. The van der Waals surface area contributed by atoms with E-state index in [-0.39, 0.29) is 17.5 Å². The molecular formula is C17H19N3O2S. The first-order chi connectivity index (χ1) is 11.3. The van der Waals surface area contributed by atoms with E-state index in [0.29, 0.717) is 0 Å². The van der Waals surface area contributed by atoms with E-state index in [4.69, 9.17) is 4.74 Å². The maximum atomic E-state index is 12.7. The Morgan fingerprint density at radius 1 is 1.26 bits per heavy atom. The lowest BCUT2D eigenvalue weighted by atomic mass is 9.64. The average Bonchev–Trinajstić information content (AvgIpc) is 3.07. The largest absolute Gasteiger partial charge is 0.381 e. The molecule has 4 rings (SSSR count). The fourth-order valence-corrected chi connectivity index (χ4v) is 4.25. The summed E-state index contributed by atoms with van der Waals surface area (Å²) in [6.45, 7) is 2.36. The molecule has 2 aromatic rings. The molecule has 0 bridgehead atoms. The van der Waals surface area contributed by atoms with Gasteiger partial charge >= 0.3 is 6.03 Å². The van der Waals surface area contributed by atoms with Crippen molar-refractivity contribution in [2.45, 2.75) is 18.9 Å². The van der Waals surface area contributed by atoms with Gasteiger partial charge in [0.1, 0.15) is 5.00 Å². The standard InChI is InChI=1S/C17H19N3O2S/c21-16(19-14-6-9-18-23-14)20-12-17(7-10-22-11-8-17)15(20)13-4-2-1-3-5-13/h1-6,9,15H,7-8,10-12H2,(H,19,21). The van der Waals surface area contributed by atoms with Crippen LogP contribution >= 0.6 is 11.5 Å². The predicted molar refractivity (Wildman–Crippen MR) is 89.5 cm³/mol. The van der Waals surface area contributed by atoms with Crippen molar-refractivity contribution in [2.24, 2.45) is 5.41 Å². The lowest BCUT2D eigenvalue weighted by Crippen LogP contribution is -2.63. The van der Waals surface area contributed by atoms with Gasteiger partial charge in [-0.15, -0.1) is 0 Å². The number of hydrogen-bond acceptors (Lipinski definition) is 4. The number of benzene rings is 1. The van der Waals surface area contributed by atoms with Crippen molar-refractivity contribution in [2.75, 3.05) is 25.1 Å². The van der Waals surface area contributed by atoms with Crippen molar-refractivity contribution in [3.05, 3.63) is 48.2 Å². The second-order valence-electron chi connectivity index (χ2n) is 6.22. The molecule has 1 aromatic heterocycles. The van der Waals surface area contributed by atoms with Crippen molar-refractivity contribution >= 4 is 22.6 Å². The molecule has 2 fully saturated rings. The Morgan fingerprint density at radius 3 is 2.74 bits per heavy atom. The second kappa shape index (κ2) is 5.94. The quantitative estimate of drug-likeness (QED) is 0.917. The number of amides is 2. The Labute approximate surface area is 139 Å². The summed E-state index contributed by atoms with van der Waals surface area (Å²) in [5.74, 6) is 0. The Morgan fingerprint density at radius 2 is 2.04 bits per heavy atom. The first-order valence-corrected chi connectivity index (χ1v) is 8.67. The number of nitrogens with zero attached hydrogens (tertiary/aromatic N) is 2. The fraction of sp³-hybridized carbons (Fsp3) is 0.412. The molecule has 6 heteroatoms. The highest BCUT2D eigenvalue weighted by atomic mass is 32.1. The zero-order valence-corrected chi connectivity index (χ0v) is 13.6. The van der Waals surface area contributed by atoms with Crippen LogP contribution in [-0.2, 0) is 4.74 Å². The van der Waals surface area contributed by atoms with Crippen molar-refractivity contribution in [3.8, 4) is 0 Å². The minimum atomic E-state index is -0.0415. The molecule has 1 unspecified atom stereocenters. The van der Waals surface area contributed by atoms with E-state index in [9.17, 15) is 4.79 Å². The van der Waals surface area contributed by atoms with Gasteiger partial charge < -0.3 is 9.64 Å². The van der Waals surface area contributed by atoms with Crippen LogP contribution in [0.1, 0.15) is 24.4 Å². The number of urea groups is 1. The van der Waals surface area contributed by atoms with Gasteiger partial charge in [-0.3, -0.25) is 5.32 Å². The Hall–Kier alpha value is -1.92. The third kappa shape index (κ3) is 2.62. The molecule has 23 heavy (non-hydrogen) atoms. The summed E-state index contributed by atoms with van der Waals surface area (Å²) in [7, 11) is 0. The van der Waals surface area contributed by atoms with E-state index < -0.39 is 0 Å². The highest BCUT2D eigenvalue weighted by Gasteiger charge is 2.55. The molecule has 1 spiro atoms. The van der Waals surface area contributed by atoms with Crippen LogP contribution in [0.4, 0.5) is 9.80 Å². The summed E-state index contributed by atoms with van der Waals surface area (Å²) < 4.78 is 9.57. The fourth-order valence-electron chi connectivity index (χ4n) is 3.76. The Kier molecular flexibility index (Phi) is 3.79. The Bertz CT molecular complexity index is 668. The first-order valence-electron chi connectivity index (χ1n) is 7.90. The third-order valence-electron chi connectivity index (χ3n) is 4.91. The van der Waals surface area contributed by atoms with Crippen LogP contribution in [-0.4, -0.2) is 35.1 Å². The third-order valence-corrected chi connectivity index (χ3v) is 5.57. The number of anilines is 1. The van der Waals surface area contributed by atoms with Gasteiger partial charge in [0.25, 0.3) is 0 Å². The van der Waals surface area contributed by atoms with Crippen LogP contribution in [0, 0.1) is 5.41 Å². The molecule has 0 aliphatic carbocycles. The van der Waals surface area contributed by atoms with E-state index in [1.54, 1.807) is 6.20 Å². The predicted octanol–water partition coefficient (Wildman–Crippen LogP) is 3.53. The molecule has 0 radical (unpaired) electrons. The molecule has 2 aliphatic heterocycles. The first kappa shape index (κ1) is 14.7. The maximum absolute atomic E-state index is 12.7. The highest BCUT2D eigenvalue weighted by molar-refractivity contribution is 7.10. The summed E-state index contributed by atoms with van der Waals surface area (Å²) in [5.41, 5.74) is 1.37. The van der Waals surface area contributed by atoms with Gasteiger partial charge in [0, 0.05) is 31.4 Å². The molecule has 120 valence electrons. The molecule has 5 nitrogen and oxygen atoms in total. The number of carbonyl (C=O) groups is 1. The molecule has 2 saturated heterocycles. The SMILES string of the molecule is O=C(Nc1ccns1)N1CC2(CCOCC2)C1c1ccccc1. The number of ether oxygens (including phenoxy) is 1. The minimum Gasteiger partial charge on any atom is -0.381 e. The van der Waals surface area contributed by atoms with E-state index in [1.807, 2.05) is 29.2 Å². The summed E-state index contributed by atoms with van der Waals surface area (Å²) in [4.78, 5) is 14.6. The minimum absolute atomic E-state index is 0.0415. The number of rotatable bonds is 2. The lowest BCUT2D eigenvalue weighted by Gasteiger charge is -2.59. The maximum Gasteiger partial charge on any atom is 0.323 e. The molecule has 1 aromatic carbocycles. The van der Waals surface area contributed by atoms with Crippen molar-refractivity contribution in [3.63, 3.8) is 0 Å². The molecule has 2 aliphatic rings.